The molecule has 8 heterocycles. The van der Waals surface area contributed by atoms with Crippen molar-refractivity contribution in [2.24, 2.45) is 35.3 Å². The Morgan fingerprint density at radius 3 is 1.47 bits per heavy atom. The third-order valence-corrected chi connectivity index (χ3v) is 24.2. The Morgan fingerprint density at radius 2 is 1.06 bits per heavy atom. The predicted molar refractivity (Wildman–Crippen MR) is 540 cm³/mol. The lowest BCUT2D eigenvalue weighted by atomic mass is 9.95. The molecule has 0 amide bonds. The zero-order chi connectivity index (χ0) is 100. The molecule has 9 rings (SSSR count). The quantitative estimate of drug-likeness (QED) is 0.00796. The second-order valence-corrected chi connectivity index (χ2v) is 36.9. The Morgan fingerprint density at radius 1 is 0.578 bits per heavy atom. The normalized spacial score (nSPS) is 16.2. The van der Waals surface area contributed by atoms with E-state index in [2.05, 4.69) is 120 Å². The first kappa shape index (κ1) is 129. The summed E-state index contributed by atoms with van der Waals surface area (Å²) in [5.41, 5.74) is 12.6. The molecular weight excluding hydrogens is 1840 g/mol. The first-order valence-corrected chi connectivity index (χ1v) is 52.2. The van der Waals surface area contributed by atoms with E-state index in [-0.39, 0.29) is 100 Å². The number of rotatable bonds is 52. The fourth-order valence-electron chi connectivity index (χ4n) is 15.0. The van der Waals surface area contributed by atoms with Crippen LogP contribution in [0.1, 0.15) is 274 Å². The van der Waals surface area contributed by atoms with Crippen LogP contribution in [0.15, 0.2) is 130 Å². The van der Waals surface area contributed by atoms with Crippen molar-refractivity contribution < 1.29 is 97.7 Å². The number of halogens is 1. The van der Waals surface area contributed by atoms with Crippen molar-refractivity contribution >= 4 is 66.0 Å². The molecule has 8 atom stereocenters. The van der Waals surface area contributed by atoms with Crippen LogP contribution in [0.4, 0.5) is 0 Å². The van der Waals surface area contributed by atoms with Crippen molar-refractivity contribution in [2.75, 3.05) is 138 Å². The van der Waals surface area contributed by atoms with Gasteiger partial charge in [-0.2, -0.15) is 16.8 Å². The highest BCUT2D eigenvalue weighted by atomic mass is 79.9. The van der Waals surface area contributed by atoms with Crippen LogP contribution < -0.4 is 19.9 Å². The van der Waals surface area contributed by atoms with E-state index in [9.17, 15) is 45.9 Å². The van der Waals surface area contributed by atoms with Crippen LogP contribution in [0, 0.1) is 39.5 Å². The number of carboxylic acids is 1. The Labute approximate surface area is 817 Å². The maximum absolute atomic E-state index is 12.1. The number of carboxylic acid groups (broad SMARTS) is 1. The summed E-state index contributed by atoms with van der Waals surface area (Å²) < 4.78 is 87.5. The fraction of sp³-hybridized carbons (Fsp3) is 0.653. The molecule has 1 aliphatic carbocycles. The lowest BCUT2D eigenvalue weighted by molar-refractivity contribution is -0.145. The summed E-state index contributed by atoms with van der Waals surface area (Å²) >= 11 is 3.30. The number of unbranched alkanes of at least 4 members (excludes halogenated alkanes) is 5. The molecule has 135 heavy (non-hydrogen) atoms. The second kappa shape index (κ2) is 81.7. The number of carbonyl (C=O) groups excluding carboxylic acids is 4. The van der Waals surface area contributed by atoms with Crippen molar-refractivity contribution in [1.82, 2.24) is 34.6 Å². The minimum Gasteiger partial charge on any atom is -0.481 e. The van der Waals surface area contributed by atoms with Crippen molar-refractivity contribution in [3.05, 3.63) is 174 Å². The first-order chi connectivity index (χ1) is 64.4. The molecule has 5 aliphatic rings. The molecule has 4 saturated heterocycles. The number of alkyl halides is 1. The lowest BCUT2D eigenvalue weighted by Crippen LogP contribution is -2.29. The number of hydrogen-bond acceptors (Lipinski definition) is 30. The van der Waals surface area contributed by atoms with Crippen LogP contribution in [0.5, 0.6) is 17.6 Å². The van der Waals surface area contributed by atoms with Gasteiger partial charge < -0.3 is 59.1 Å². The molecule has 5 unspecified atom stereocenters. The van der Waals surface area contributed by atoms with Crippen LogP contribution >= 0.6 is 15.9 Å². The van der Waals surface area contributed by atoms with Gasteiger partial charge in [-0.15, -0.1) is 32.9 Å². The van der Waals surface area contributed by atoms with Crippen molar-refractivity contribution in [3.63, 3.8) is 0 Å². The minimum atomic E-state index is -3.48. The minimum absolute atomic E-state index is 0. The average molecular weight is 2010 g/mol. The van der Waals surface area contributed by atoms with Gasteiger partial charge in [0, 0.05) is 114 Å². The van der Waals surface area contributed by atoms with Gasteiger partial charge in [-0.3, -0.25) is 47.1 Å². The number of esters is 4. The number of pyridine rings is 4. The third-order valence-electron chi connectivity index (χ3n) is 22.5. The Balaban J connectivity index is 0. The van der Waals surface area contributed by atoms with E-state index in [4.69, 9.17) is 63.5 Å². The highest BCUT2D eigenvalue weighted by Crippen LogP contribution is 2.35. The highest BCUT2D eigenvalue weighted by molar-refractivity contribution is 9.09. The smallest absolute Gasteiger partial charge is 0.309 e. The molecule has 31 nitrogen and oxygen atoms in total. The molecule has 5 N–H and O–H groups in total. The number of aryl methyl sites for hydroxylation is 3. The summed E-state index contributed by atoms with van der Waals surface area (Å²) in [6, 6.07) is 15.1. The fourth-order valence-corrected chi connectivity index (χ4v) is 16.1. The van der Waals surface area contributed by atoms with Crippen LogP contribution in [0.2, 0.25) is 0 Å². The number of hydrogen-bond donors (Lipinski definition) is 4. The number of aliphatic hydroxyl groups excluding tert-OH is 2. The van der Waals surface area contributed by atoms with E-state index < -0.39 is 32.2 Å². The summed E-state index contributed by atoms with van der Waals surface area (Å²) in [5, 5.41) is 28.0. The monoisotopic (exact) mass is 2000 g/mol. The maximum atomic E-state index is 12.1. The van der Waals surface area contributed by atoms with Gasteiger partial charge in [0.25, 0.3) is 20.2 Å². The number of nitrogens with zero attached hydrogens (tertiary/aromatic N) is 7. The van der Waals surface area contributed by atoms with Gasteiger partial charge in [0.15, 0.2) is 0 Å². The van der Waals surface area contributed by atoms with Gasteiger partial charge in [-0.25, -0.2) is 15.0 Å². The van der Waals surface area contributed by atoms with Crippen molar-refractivity contribution in [1.29, 1.82) is 0 Å². The number of likely N-dealkylation sites (tertiary alicyclic amines) is 2. The number of allylic oxidation sites excluding steroid dienone is 5. The molecule has 4 aliphatic heterocycles. The van der Waals surface area contributed by atoms with Crippen molar-refractivity contribution in [3.8, 4) is 17.6 Å². The summed E-state index contributed by atoms with van der Waals surface area (Å²) in [5.74, 6) is 2.07. The zero-order valence-electron chi connectivity index (χ0n) is 82.0. The topological polar surface area (TPSA) is 419 Å². The van der Waals surface area contributed by atoms with Crippen LogP contribution in [-0.2, 0) is 90.8 Å². The van der Waals surface area contributed by atoms with E-state index in [1.165, 1.54) is 81.5 Å². The van der Waals surface area contributed by atoms with Crippen LogP contribution in [0.25, 0.3) is 0 Å². The number of methoxy groups -OCH3 is 3. The molecule has 34 heteroatoms. The summed E-state index contributed by atoms with van der Waals surface area (Å²) in [6.45, 7) is 38.4. The number of carbonyl (C=O) groups is 5. The van der Waals surface area contributed by atoms with E-state index in [0.29, 0.717) is 81.6 Å². The number of fused-ring (bicyclic) bond motifs is 1. The van der Waals surface area contributed by atoms with E-state index in [0.717, 1.165) is 176 Å². The molecule has 0 bridgehead atoms. The number of aliphatic carboxylic acids is 1. The highest BCUT2D eigenvalue weighted by Gasteiger charge is 2.33. The molecule has 4 aromatic heterocycles. The first-order valence-electron chi connectivity index (χ1n) is 47.4. The van der Waals surface area contributed by atoms with Crippen molar-refractivity contribution in [2.45, 2.75) is 259 Å². The Bertz CT molecular complexity index is 4010. The average Bonchev–Trinajstić information content (AvgIpc) is 1.69. The van der Waals surface area contributed by atoms with E-state index in [1.54, 1.807) is 58.9 Å². The maximum Gasteiger partial charge on any atom is 0.309 e. The summed E-state index contributed by atoms with van der Waals surface area (Å²) in [7, 11) is -2.22. The molecule has 4 aromatic rings. The molecular formula is C101H167BrN8O23S2. The largest absolute Gasteiger partial charge is 0.481 e. The molecule has 4 fully saturated rings. The molecule has 0 saturated carbocycles. The molecule has 768 valence electrons. The standard InChI is InChI=1S/C25H33N3O3.C20H30N2O3.C11H16N2O3.C11H22O6S2.C9H14O2.C9H18O2.C6H15N.C5H9Br.C4H6O2.CH4.O2/c1-31-24-12-10-20(16-26-24)23(15-25(29)30)28-14-13-18(17-28)5-4-7-21-11-9-19-6-2-3-8-22(19)27-21;1-4-6-7-8-16-11-12-22(15-16)18(13-20(23)25-5-2)17-9-10-19(24-3)21-14-17;1-3-16-11(14)6-9(12)8-4-5-10(15-2)13-7-8;1-4-5-6-7-11(10-17-19(3,14)15)8-9-16-18(2,12)13;1-2-3-4-5-8-6-7-11-9(8)10;1-2-3-4-5-9(8-11)6-7-10;1-4-7(5-2)6-3;1-2-3-4-5-6;5-4-2-1-3-6-4;;1-2/h9-12,16,18,23H,2-8,13-15,17H2,1H3,(H,29,30);4,9-10,14,16,18H,1,5-8,11-13,15H2,2-3H3;4-5,7,9H,3,6,12H2,1-2H3;4,11H,1,5-10H2,2-3H3;2,8H,1,3-7H2;2,9-11H,1,3-8H2;4-6H2,1-3H3;2H,1,3-5H2;1-3H2;1H4;/t18?,23-;16?,18-;9-;;;;;;;;/m000......../s1. The number of aromatic nitrogens is 4. The van der Waals surface area contributed by atoms with Gasteiger partial charge in [-0.1, -0.05) is 98.8 Å². The molecule has 0 aromatic carbocycles. The van der Waals surface area contributed by atoms with Gasteiger partial charge in [0.05, 0.1) is 98.7 Å². The number of ether oxygens (including phenoxy) is 7. The number of nitrogens with two attached hydrogens (primary N) is 1. The Kier molecular flexibility index (Phi) is 77.9. The van der Waals surface area contributed by atoms with Crippen LogP contribution in [-0.4, -0.2) is 234 Å². The SMILES string of the molecule is C.C=CCCCBr.C=CCCCC(CCOS(C)(=O)=O)COS(C)(=O)=O.C=CCCCC(CO)CCO.C=CCCCC1CCN([C@@H](CC(=O)OCC)c2ccc(OC)nc2)C1.C=CCCCC1CCOC1=O.CCN(CC)CC.CCOC(=O)C[C@H](N)c1ccc(OC)nc1.COc1ccc([C@H](CC(=O)O)N2CCC(CCCc3ccc4c(n3)CCCC4)C2)cn1.O=C1CCCO1.O=O. The van der Waals surface area contributed by atoms with Gasteiger partial charge in [0.1, 0.15) is 0 Å². The number of aliphatic hydroxyl groups is 2. The summed E-state index contributed by atoms with van der Waals surface area (Å²) in [4.78, 5) is 94.4. The van der Waals surface area contributed by atoms with E-state index >= 15 is 0 Å². The second-order valence-electron chi connectivity index (χ2n) is 32.8. The summed E-state index contributed by atoms with van der Waals surface area (Å²) in [6.07, 6.45) is 45.6. The van der Waals surface area contributed by atoms with Gasteiger partial charge in [-0.05, 0) is 272 Å². The zero-order valence-corrected chi connectivity index (χ0v) is 85.3. The number of cyclic esters (lactones) is 2. The van der Waals surface area contributed by atoms with Gasteiger partial charge >= 0.3 is 29.8 Å². The van der Waals surface area contributed by atoms with E-state index in [1.807, 2.05) is 61.7 Å². The lowest BCUT2D eigenvalue weighted by Gasteiger charge is -2.27. The molecule has 0 radical (unpaired) electrons. The van der Waals surface area contributed by atoms with Gasteiger partial charge in [0.2, 0.25) is 17.6 Å². The predicted octanol–water partition coefficient (Wildman–Crippen LogP) is 18.3. The molecule has 0 spiro atoms. The van der Waals surface area contributed by atoms with Crippen LogP contribution in [0.3, 0.4) is 0 Å². The Hall–Kier alpha value is -8.29. The third kappa shape index (κ3) is 63.8.